The van der Waals surface area contributed by atoms with Gasteiger partial charge in [-0.1, -0.05) is 0 Å². The minimum absolute atomic E-state index is 0.286. The number of aromatic nitrogens is 1. The van der Waals surface area contributed by atoms with Crippen molar-refractivity contribution in [1.29, 1.82) is 0 Å². The van der Waals surface area contributed by atoms with Crippen LogP contribution in [0.2, 0.25) is 0 Å². The Kier molecular flexibility index (Phi) is 3.61. The molecule has 0 saturated carbocycles. The molecule has 1 atom stereocenters. The standard InChI is InChI=1S/C13H18N2O2/c1-10-8-12(4-6-14-10)15-7-5-11(9-15)2-3-13(16)17/h4,6,8,11H,2-3,5,7,9H2,1H3,(H,16,17). The zero-order valence-electron chi connectivity index (χ0n) is 10.1. The number of carboxylic acids is 1. The summed E-state index contributed by atoms with van der Waals surface area (Å²) < 4.78 is 0. The highest BCUT2D eigenvalue weighted by Crippen LogP contribution is 2.26. The van der Waals surface area contributed by atoms with Crippen molar-refractivity contribution < 1.29 is 9.90 Å². The second-order valence-electron chi connectivity index (χ2n) is 4.69. The molecule has 0 spiro atoms. The number of rotatable bonds is 4. The average molecular weight is 234 g/mol. The van der Waals surface area contributed by atoms with Crippen molar-refractivity contribution in [1.82, 2.24) is 4.98 Å². The van der Waals surface area contributed by atoms with Crippen LogP contribution in [0.1, 0.15) is 25.0 Å². The molecule has 0 radical (unpaired) electrons. The van der Waals surface area contributed by atoms with E-state index >= 15 is 0 Å². The van der Waals surface area contributed by atoms with Gasteiger partial charge in [0.25, 0.3) is 0 Å². The van der Waals surface area contributed by atoms with Crippen molar-refractivity contribution in [3.63, 3.8) is 0 Å². The number of aryl methyl sites for hydroxylation is 1. The summed E-state index contributed by atoms with van der Waals surface area (Å²) in [6.07, 6.45) is 3.99. The lowest BCUT2D eigenvalue weighted by Gasteiger charge is -2.18. The van der Waals surface area contributed by atoms with E-state index in [9.17, 15) is 4.79 Å². The third-order valence-electron chi connectivity index (χ3n) is 3.30. The summed E-state index contributed by atoms with van der Waals surface area (Å²) in [5, 5.41) is 8.67. The molecule has 1 aliphatic heterocycles. The van der Waals surface area contributed by atoms with Gasteiger partial charge in [-0.25, -0.2) is 0 Å². The SMILES string of the molecule is Cc1cc(N2CCC(CCC(=O)O)C2)ccn1. The number of pyridine rings is 1. The maximum Gasteiger partial charge on any atom is 0.303 e. The summed E-state index contributed by atoms with van der Waals surface area (Å²) in [4.78, 5) is 17.0. The maximum absolute atomic E-state index is 10.5. The number of nitrogens with zero attached hydrogens (tertiary/aromatic N) is 2. The molecule has 4 heteroatoms. The van der Waals surface area contributed by atoms with Crippen LogP contribution in [0.4, 0.5) is 5.69 Å². The molecule has 1 aromatic rings. The summed E-state index contributed by atoms with van der Waals surface area (Å²) in [6, 6.07) is 4.10. The van der Waals surface area contributed by atoms with E-state index in [0.29, 0.717) is 5.92 Å². The molecule has 0 bridgehead atoms. The number of carbonyl (C=O) groups is 1. The summed E-state index contributed by atoms with van der Waals surface area (Å²) in [7, 11) is 0. The van der Waals surface area contributed by atoms with E-state index in [1.54, 1.807) is 0 Å². The first-order valence-corrected chi connectivity index (χ1v) is 6.04. The van der Waals surface area contributed by atoms with Crippen LogP contribution in [-0.4, -0.2) is 29.1 Å². The number of carboxylic acid groups (broad SMARTS) is 1. The van der Waals surface area contributed by atoms with Crippen molar-refractivity contribution in [3.8, 4) is 0 Å². The van der Waals surface area contributed by atoms with Crippen molar-refractivity contribution in [2.45, 2.75) is 26.2 Å². The molecule has 1 fully saturated rings. The van der Waals surface area contributed by atoms with Crippen LogP contribution >= 0.6 is 0 Å². The van der Waals surface area contributed by atoms with E-state index in [1.165, 1.54) is 5.69 Å². The Morgan fingerprint density at radius 3 is 3.18 bits per heavy atom. The van der Waals surface area contributed by atoms with Crippen LogP contribution in [0, 0.1) is 12.8 Å². The third kappa shape index (κ3) is 3.19. The summed E-state index contributed by atoms with van der Waals surface area (Å²) in [5.41, 5.74) is 2.23. The van der Waals surface area contributed by atoms with Gasteiger partial charge in [-0.2, -0.15) is 0 Å². The molecule has 0 amide bonds. The molecule has 2 rings (SSSR count). The summed E-state index contributed by atoms with van der Waals surface area (Å²) >= 11 is 0. The first kappa shape index (κ1) is 11.9. The normalized spacial score (nSPS) is 19.6. The number of anilines is 1. The molecule has 17 heavy (non-hydrogen) atoms. The fourth-order valence-corrected chi connectivity index (χ4v) is 2.36. The Morgan fingerprint density at radius 1 is 1.65 bits per heavy atom. The lowest BCUT2D eigenvalue weighted by Crippen LogP contribution is -2.20. The van der Waals surface area contributed by atoms with Crippen LogP contribution in [0.25, 0.3) is 0 Å². The minimum atomic E-state index is -0.691. The number of hydrogen-bond donors (Lipinski definition) is 1. The highest BCUT2D eigenvalue weighted by Gasteiger charge is 2.23. The summed E-state index contributed by atoms with van der Waals surface area (Å²) in [5.74, 6) is -0.178. The van der Waals surface area contributed by atoms with Gasteiger partial charge in [-0.15, -0.1) is 0 Å². The van der Waals surface area contributed by atoms with Gasteiger partial charge in [-0.3, -0.25) is 9.78 Å². The molecule has 92 valence electrons. The highest BCUT2D eigenvalue weighted by molar-refractivity contribution is 5.66. The van der Waals surface area contributed by atoms with E-state index in [-0.39, 0.29) is 6.42 Å². The smallest absolute Gasteiger partial charge is 0.303 e. The van der Waals surface area contributed by atoms with Crippen LogP contribution in [0.5, 0.6) is 0 Å². The van der Waals surface area contributed by atoms with E-state index in [2.05, 4.69) is 16.0 Å². The van der Waals surface area contributed by atoms with Gasteiger partial charge in [0, 0.05) is 37.1 Å². The van der Waals surface area contributed by atoms with Crippen molar-refractivity contribution in [2.24, 2.45) is 5.92 Å². The zero-order valence-corrected chi connectivity index (χ0v) is 10.1. The monoisotopic (exact) mass is 234 g/mol. The number of hydrogen-bond acceptors (Lipinski definition) is 3. The van der Waals surface area contributed by atoms with Crippen LogP contribution in [-0.2, 0) is 4.79 Å². The lowest BCUT2D eigenvalue weighted by molar-refractivity contribution is -0.137. The lowest BCUT2D eigenvalue weighted by atomic mass is 10.0. The van der Waals surface area contributed by atoms with Crippen LogP contribution < -0.4 is 4.90 Å². The van der Waals surface area contributed by atoms with Gasteiger partial charge in [-0.05, 0) is 37.8 Å². The van der Waals surface area contributed by atoms with Gasteiger partial charge in [0.05, 0.1) is 0 Å². The molecular weight excluding hydrogens is 216 g/mol. The van der Waals surface area contributed by atoms with Crippen LogP contribution in [0.3, 0.4) is 0 Å². The molecule has 4 nitrogen and oxygen atoms in total. The quantitative estimate of drug-likeness (QED) is 0.866. The second-order valence-corrected chi connectivity index (χ2v) is 4.69. The Hall–Kier alpha value is -1.58. The fraction of sp³-hybridized carbons (Fsp3) is 0.538. The molecule has 2 heterocycles. The first-order valence-electron chi connectivity index (χ1n) is 6.04. The first-order chi connectivity index (χ1) is 8.15. The van der Waals surface area contributed by atoms with Gasteiger partial charge in [0.15, 0.2) is 0 Å². The molecule has 1 N–H and O–H groups in total. The number of aliphatic carboxylic acids is 1. The Morgan fingerprint density at radius 2 is 2.47 bits per heavy atom. The van der Waals surface area contributed by atoms with Crippen molar-refractivity contribution >= 4 is 11.7 Å². The van der Waals surface area contributed by atoms with Crippen LogP contribution in [0.15, 0.2) is 18.3 Å². The third-order valence-corrected chi connectivity index (χ3v) is 3.30. The van der Waals surface area contributed by atoms with Gasteiger partial charge in [0.1, 0.15) is 0 Å². The summed E-state index contributed by atoms with van der Waals surface area (Å²) in [6.45, 7) is 3.98. The maximum atomic E-state index is 10.5. The van der Waals surface area contributed by atoms with E-state index in [0.717, 1.165) is 31.6 Å². The zero-order chi connectivity index (χ0) is 12.3. The van der Waals surface area contributed by atoms with Crippen molar-refractivity contribution in [3.05, 3.63) is 24.0 Å². The van der Waals surface area contributed by atoms with Gasteiger partial charge in [0.2, 0.25) is 0 Å². The van der Waals surface area contributed by atoms with Crippen molar-refractivity contribution in [2.75, 3.05) is 18.0 Å². The Balaban J connectivity index is 1.91. The second kappa shape index (κ2) is 5.17. The molecular formula is C13H18N2O2. The average Bonchev–Trinajstić information content (AvgIpc) is 2.75. The molecule has 1 saturated heterocycles. The molecule has 0 aliphatic carbocycles. The molecule has 1 aliphatic rings. The van der Waals surface area contributed by atoms with E-state index in [4.69, 9.17) is 5.11 Å². The minimum Gasteiger partial charge on any atom is -0.481 e. The van der Waals surface area contributed by atoms with E-state index in [1.807, 2.05) is 19.2 Å². The highest BCUT2D eigenvalue weighted by atomic mass is 16.4. The predicted molar refractivity (Wildman–Crippen MR) is 66.2 cm³/mol. The van der Waals surface area contributed by atoms with Gasteiger partial charge < -0.3 is 10.0 Å². The van der Waals surface area contributed by atoms with E-state index < -0.39 is 5.97 Å². The largest absolute Gasteiger partial charge is 0.481 e. The van der Waals surface area contributed by atoms with Gasteiger partial charge >= 0.3 is 5.97 Å². The molecule has 1 aromatic heterocycles. The molecule has 0 aromatic carbocycles. The Labute approximate surface area is 101 Å². The fourth-order valence-electron chi connectivity index (χ4n) is 2.36. The molecule has 1 unspecified atom stereocenters. The Bertz CT molecular complexity index is 406. The predicted octanol–water partition coefficient (Wildman–Crippen LogP) is 2.08. The topological polar surface area (TPSA) is 53.4 Å².